The van der Waals surface area contributed by atoms with Crippen LogP contribution in [0.15, 0.2) is 53.0 Å². The van der Waals surface area contributed by atoms with E-state index in [1.165, 1.54) is 11.0 Å². The first-order chi connectivity index (χ1) is 13.3. The van der Waals surface area contributed by atoms with Crippen molar-refractivity contribution >= 4 is 27.7 Å². The Bertz CT molecular complexity index is 808. The van der Waals surface area contributed by atoms with Crippen molar-refractivity contribution in [2.75, 3.05) is 6.54 Å². The minimum atomic E-state index is -0.665. The van der Waals surface area contributed by atoms with Gasteiger partial charge in [0.2, 0.25) is 11.8 Å². The van der Waals surface area contributed by atoms with E-state index in [0.29, 0.717) is 18.0 Å². The van der Waals surface area contributed by atoms with Gasteiger partial charge in [0.1, 0.15) is 11.9 Å². The van der Waals surface area contributed by atoms with E-state index in [9.17, 15) is 14.0 Å². The Morgan fingerprint density at radius 2 is 1.71 bits per heavy atom. The van der Waals surface area contributed by atoms with Crippen LogP contribution in [0.2, 0.25) is 0 Å². The van der Waals surface area contributed by atoms with Crippen molar-refractivity contribution < 1.29 is 14.0 Å². The number of carbonyl (C=O) groups excluding carboxylic acids is 2. The molecule has 0 aliphatic heterocycles. The molecule has 28 heavy (non-hydrogen) atoms. The number of halogens is 2. The molecule has 2 rings (SSSR count). The van der Waals surface area contributed by atoms with E-state index in [4.69, 9.17) is 0 Å². The molecule has 1 atom stereocenters. The zero-order valence-electron chi connectivity index (χ0n) is 16.4. The molecule has 0 aliphatic carbocycles. The van der Waals surface area contributed by atoms with Crippen LogP contribution in [0.25, 0.3) is 0 Å². The Labute approximate surface area is 174 Å². The topological polar surface area (TPSA) is 49.4 Å². The van der Waals surface area contributed by atoms with Crippen molar-refractivity contribution in [1.82, 2.24) is 10.2 Å². The molecule has 0 bridgehead atoms. The molecule has 0 saturated carbocycles. The number of benzene rings is 2. The minimum absolute atomic E-state index is 0.0923. The fourth-order valence-electron chi connectivity index (χ4n) is 2.73. The van der Waals surface area contributed by atoms with Crippen LogP contribution in [0, 0.1) is 11.7 Å². The maximum absolute atomic E-state index is 14.0. The van der Waals surface area contributed by atoms with Crippen LogP contribution < -0.4 is 5.32 Å². The molecule has 0 spiro atoms. The quantitative estimate of drug-likeness (QED) is 0.653. The van der Waals surface area contributed by atoms with E-state index < -0.39 is 11.9 Å². The van der Waals surface area contributed by atoms with Crippen molar-refractivity contribution in [2.24, 2.45) is 5.92 Å². The summed E-state index contributed by atoms with van der Waals surface area (Å²) in [6.07, 6.45) is -0.0923. The Morgan fingerprint density at radius 3 is 2.32 bits per heavy atom. The van der Waals surface area contributed by atoms with Gasteiger partial charge in [0, 0.05) is 17.6 Å². The lowest BCUT2D eigenvalue weighted by Gasteiger charge is -2.29. The monoisotopic (exact) mass is 448 g/mol. The first kappa shape index (κ1) is 22.1. The average Bonchev–Trinajstić information content (AvgIpc) is 2.66. The number of nitrogens with zero attached hydrogens (tertiary/aromatic N) is 1. The van der Waals surface area contributed by atoms with Crippen LogP contribution in [-0.2, 0) is 22.6 Å². The van der Waals surface area contributed by atoms with Gasteiger partial charge >= 0.3 is 0 Å². The molecule has 2 aromatic rings. The van der Waals surface area contributed by atoms with Gasteiger partial charge in [-0.05, 0) is 42.2 Å². The maximum atomic E-state index is 14.0. The number of hydrogen-bond donors (Lipinski definition) is 1. The lowest BCUT2D eigenvalue weighted by molar-refractivity contribution is -0.140. The highest BCUT2D eigenvalue weighted by atomic mass is 79.9. The third-order valence-electron chi connectivity index (χ3n) is 4.42. The highest BCUT2D eigenvalue weighted by Crippen LogP contribution is 2.16. The molecule has 4 nitrogen and oxygen atoms in total. The lowest BCUT2D eigenvalue weighted by atomic mass is 10.1. The molecule has 2 amide bonds. The molecular formula is C22H26BrFN2O2. The summed E-state index contributed by atoms with van der Waals surface area (Å²) >= 11 is 3.39. The number of hydrogen-bond acceptors (Lipinski definition) is 2. The van der Waals surface area contributed by atoms with Gasteiger partial charge in [-0.25, -0.2) is 4.39 Å². The first-order valence-corrected chi connectivity index (χ1v) is 10.1. The third-order valence-corrected chi connectivity index (χ3v) is 4.95. The summed E-state index contributed by atoms with van der Waals surface area (Å²) in [5, 5.41) is 2.87. The highest BCUT2D eigenvalue weighted by Gasteiger charge is 2.26. The predicted molar refractivity (Wildman–Crippen MR) is 112 cm³/mol. The Kier molecular flexibility index (Phi) is 8.18. The second kappa shape index (κ2) is 10.4. The van der Waals surface area contributed by atoms with E-state index in [0.717, 1.165) is 10.0 Å². The predicted octanol–water partition coefficient (Wildman–Crippen LogP) is 4.32. The number of carbonyl (C=O) groups is 2. The SMILES string of the molecule is CC(C)CNC(=O)[C@@H](C)N(Cc1ccc(Br)cc1)C(=O)Cc1ccccc1F. The molecule has 150 valence electrons. The van der Waals surface area contributed by atoms with Crippen LogP contribution in [-0.4, -0.2) is 29.3 Å². The summed E-state index contributed by atoms with van der Waals surface area (Å²) in [4.78, 5) is 27.1. The van der Waals surface area contributed by atoms with Crippen molar-refractivity contribution in [1.29, 1.82) is 0 Å². The van der Waals surface area contributed by atoms with Gasteiger partial charge in [0.15, 0.2) is 0 Å². The first-order valence-electron chi connectivity index (χ1n) is 9.33. The van der Waals surface area contributed by atoms with Gasteiger partial charge < -0.3 is 10.2 Å². The summed E-state index contributed by atoms with van der Waals surface area (Å²) in [5.74, 6) is -0.616. The maximum Gasteiger partial charge on any atom is 0.242 e. The molecule has 0 aromatic heterocycles. The van der Waals surface area contributed by atoms with Crippen LogP contribution in [0.5, 0.6) is 0 Å². The molecule has 6 heteroatoms. The second-order valence-electron chi connectivity index (χ2n) is 7.23. The summed E-state index contributed by atoms with van der Waals surface area (Å²) in [6, 6.07) is 13.1. The Morgan fingerprint density at radius 1 is 1.07 bits per heavy atom. The minimum Gasteiger partial charge on any atom is -0.354 e. The second-order valence-corrected chi connectivity index (χ2v) is 8.15. The molecule has 0 saturated heterocycles. The van der Waals surface area contributed by atoms with Crippen LogP contribution in [0.1, 0.15) is 31.9 Å². The van der Waals surface area contributed by atoms with E-state index in [1.54, 1.807) is 25.1 Å². The van der Waals surface area contributed by atoms with Gasteiger partial charge in [-0.15, -0.1) is 0 Å². The highest BCUT2D eigenvalue weighted by molar-refractivity contribution is 9.10. The average molecular weight is 449 g/mol. The third kappa shape index (κ3) is 6.44. The summed E-state index contributed by atoms with van der Waals surface area (Å²) in [7, 11) is 0. The van der Waals surface area contributed by atoms with Gasteiger partial charge in [-0.2, -0.15) is 0 Å². The zero-order chi connectivity index (χ0) is 20.7. The zero-order valence-corrected chi connectivity index (χ0v) is 18.0. The molecule has 0 heterocycles. The number of nitrogens with one attached hydrogen (secondary N) is 1. The Hall–Kier alpha value is -2.21. The van der Waals surface area contributed by atoms with E-state index >= 15 is 0 Å². The smallest absolute Gasteiger partial charge is 0.242 e. The standard InChI is InChI=1S/C22H26BrFN2O2/c1-15(2)13-25-22(28)16(3)26(14-17-8-10-19(23)11-9-17)21(27)12-18-6-4-5-7-20(18)24/h4-11,15-16H,12-14H2,1-3H3,(H,25,28)/t16-/m1/s1. The molecule has 1 N–H and O–H groups in total. The molecular weight excluding hydrogens is 423 g/mol. The van der Waals surface area contributed by atoms with Gasteiger partial charge in [0.05, 0.1) is 6.42 Å². The van der Waals surface area contributed by atoms with Gasteiger partial charge in [-0.1, -0.05) is 60.1 Å². The Balaban J connectivity index is 2.21. The lowest BCUT2D eigenvalue weighted by Crippen LogP contribution is -2.48. The van der Waals surface area contributed by atoms with E-state index in [-0.39, 0.29) is 24.8 Å². The van der Waals surface area contributed by atoms with Crippen LogP contribution in [0.3, 0.4) is 0 Å². The largest absolute Gasteiger partial charge is 0.354 e. The summed E-state index contributed by atoms with van der Waals surface area (Å²) in [5.41, 5.74) is 1.22. The van der Waals surface area contributed by atoms with Gasteiger partial charge in [-0.3, -0.25) is 9.59 Å². The van der Waals surface area contributed by atoms with Crippen LogP contribution >= 0.6 is 15.9 Å². The molecule has 0 radical (unpaired) electrons. The molecule has 0 aliphatic rings. The van der Waals surface area contributed by atoms with E-state index in [2.05, 4.69) is 21.2 Å². The number of amides is 2. The van der Waals surface area contributed by atoms with Crippen molar-refractivity contribution in [3.8, 4) is 0 Å². The fraction of sp³-hybridized carbons (Fsp3) is 0.364. The molecule has 0 unspecified atom stereocenters. The van der Waals surface area contributed by atoms with Crippen molar-refractivity contribution in [3.63, 3.8) is 0 Å². The van der Waals surface area contributed by atoms with Crippen LogP contribution in [0.4, 0.5) is 4.39 Å². The normalized spacial score (nSPS) is 11.9. The van der Waals surface area contributed by atoms with E-state index in [1.807, 2.05) is 38.1 Å². The summed E-state index contributed by atoms with van der Waals surface area (Å²) in [6.45, 7) is 6.53. The fourth-order valence-corrected chi connectivity index (χ4v) is 2.99. The molecule has 2 aromatic carbocycles. The van der Waals surface area contributed by atoms with Crippen molar-refractivity contribution in [2.45, 2.75) is 39.8 Å². The van der Waals surface area contributed by atoms with Crippen molar-refractivity contribution in [3.05, 3.63) is 69.9 Å². The number of rotatable bonds is 8. The molecule has 0 fully saturated rings. The van der Waals surface area contributed by atoms with Gasteiger partial charge in [0.25, 0.3) is 0 Å². The summed E-state index contributed by atoms with van der Waals surface area (Å²) < 4.78 is 14.9.